The number of aromatic carboxylic acids is 1. The molecular formula is C14H15NO4. The maximum Gasteiger partial charge on any atom is 0.358 e. The molecule has 0 aliphatic carbocycles. The quantitative estimate of drug-likeness (QED) is 0.916. The topological polar surface area (TPSA) is 72.6 Å². The third-order valence-electron chi connectivity index (χ3n) is 2.99. The molecule has 0 aliphatic rings. The molecule has 2 rings (SSSR count). The lowest BCUT2D eigenvalue weighted by molar-refractivity contribution is 0.0686. The second-order valence-corrected chi connectivity index (χ2v) is 4.42. The van der Waals surface area contributed by atoms with Gasteiger partial charge in [0.1, 0.15) is 12.4 Å². The summed E-state index contributed by atoms with van der Waals surface area (Å²) in [6, 6.07) is 3.96. The Balaban J connectivity index is 2.17. The van der Waals surface area contributed by atoms with Gasteiger partial charge in [-0.15, -0.1) is 0 Å². The zero-order valence-electron chi connectivity index (χ0n) is 11.1. The van der Waals surface area contributed by atoms with Crippen LogP contribution in [-0.2, 0) is 6.61 Å². The first-order valence-corrected chi connectivity index (χ1v) is 5.85. The van der Waals surface area contributed by atoms with Gasteiger partial charge in [-0.05, 0) is 43.5 Å². The molecule has 0 fully saturated rings. The fourth-order valence-electron chi connectivity index (χ4n) is 1.78. The van der Waals surface area contributed by atoms with Gasteiger partial charge in [-0.3, -0.25) is 0 Å². The van der Waals surface area contributed by atoms with Crippen LogP contribution in [0.5, 0.6) is 5.75 Å². The molecule has 0 amide bonds. The van der Waals surface area contributed by atoms with Gasteiger partial charge in [-0.2, -0.15) is 0 Å². The minimum Gasteiger partial charge on any atom is -0.485 e. The highest BCUT2D eigenvalue weighted by Gasteiger charge is 2.16. The van der Waals surface area contributed by atoms with Gasteiger partial charge in [0.15, 0.2) is 17.8 Å². The second kappa shape index (κ2) is 5.14. The SMILES string of the molecule is Cc1cc(C)c(OCc2ocnc2C(=O)O)cc1C. The molecule has 0 bridgehead atoms. The van der Waals surface area contributed by atoms with Crippen LogP contribution in [0, 0.1) is 20.8 Å². The van der Waals surface area contributed by atoms with E-state index in [2.05, 4.69) is 4.98 Å². The van der Waals surface area contributed by atoms with E-state index in [0.717, 1.165) is 23.3 Å². The van der Waals surface area contributed by atoms with Crippen molar-refractivity contribution in [3.63, 3.8) is 0 Å². The number of hydrogen-bond acceptors (Lipinski definition) is 4. The van der Waals surface area contributed by atoms with Crippen LogP contribution in [0.3, 0.4) is 0 Å². The normalized spacial score (nSPS) is 10.5. The molecule has 5 nitrogen and oxygen atoms in total. The van der Waals surface area contributed by atoms with E-state index in [0.29, 0.717) is 0 Å². The van der Waals surface area contributed by atoms with Gasteiger partial charge in [0.2, 0.25) is 0 Å². The number of rotatable bonds is 4. The summed E-state index contributed by atoms with van der Waals surface area (Å²) in [4.78, 5) is 14.5. The number of carbonyl (C=O) groups is 1. The molecule has 0 saturated carbocycles. The number of oxazole rings is 1. The molecule has 0 radical (unpaired) electrons. The summed E-state index contributed by atoms with van der Waals surface area (Å²) in [6.07, 6.45) is 1.11. The fraction of sp³-hybridized carbons (Fsp3) is 0.286. The smallest absolute Gasteiger partial charge is 0.358 e. The first kappa shape index (κ1) is 13.1. The predicted octanol–water partition coefficient (Wildman–Crippen LogP) is 2.88. The Morgan fingerprint density at radius 1 is 1.26 bits per heavy atom. The number of carboxylic acids is 1. The van der Waals surface area contributed by atoms with Crippen molar-refractivity contribution < 1.29 is 19.1 Å². The molecule has 1 N–H and O–H groups in total. The van der Waals surface area contributed by atoms with Crippen LogP contribution in [0.2, 0.25) is 0 Å². The largest absolute Gasteiger partial charge is 0.485 e. The van der Waals surface area contributed by atoms with Gasteiger partial charge in [0.25, 0.3) is 0 Å². The average molecular weight is 261 g/mol. The highest BCUT2D eigenvalue weighted by molar-refractivity contribution is 5.86. The number of nitrogens with zero attached hydrogens (tertiary/aromatic N) is 1. The third-order valence-corrected chi connectivity index (χ3v) is 2.99. The van der Waals surface area contributed by atoms with Crippen molar-refractivity contribution in [2.75, 3.05) is 0 Å². The zero-order valence-corrected chi connectivity index (χ0v) is 11.1. The Morgan fingerprint density at radius 3 is 2.63 bits per heavy atom. The Bertz CT molecular complexity index is 616. The maximum atomic E-state index is 10.9. The summed E-state index contributed by atoms with van der Waals surface area (Å²) >= 11 is 0. The van der Waals surface area contributed by atoms with Crippen molar-refractivity contribution in [3.05, 3.63) is 46.7 Å². The van der Waals surface area contributed by atoms with E-state index in [1.54, 1.807) is 0 Å². The lowest BCUT2D eigenvalue weighted by atomic mass is 10.1. The van der Waals surface area contributed by atoms with Crippen molar-refractivity contribution >= 4 is 5.97 Å². The van der Waals surface area contributed by atoms with Crippen molar-refractivity contribution in [2.24, 2.45) is 0 Å². The zero-order chi connectivity index (χ0) is 14.0. The summed E-state index contributed by atoms with van der Waals surface area (Å²) in [6.45, 7) is 6.02. The van der Waals surface area contributed by atoms with Crippen LogP contribution in [0.1, 0.15) is 32.9 Å². The number of benzene rings is 1. The van der Waals surface area contributed by atoms with Crippen LogP contribution in [0.4, 0.5) is 0 Å². The van der Waals surface area contributed by atoms with E-state index in [9.17, 15) is 4.79 Å². The Morgan fingerprint density at radius 2 is 1.95 bits per heavy atom. The summed E-state index contributed by atoms with van der Waals surface area (Å²) in [5.41, 5.74) is 3.20. The molecular weight excluding hydrogens is 246 g/mol. The minimum absolute atomic E-state index is 0.0466. The Labute approximate surface area is 110 Å². The van der Waals surface area contributed by atoms with Gasteiger partial charge < -0.3 is 14.3 Å². The third kappa shape index (κ3) is 2.76. The Hall–Kier alpha value is -2.30. The minimum atomic E-state index is -1.12. The van der Waals surface area contributed by atoms with Gasteiger partial charge in [0, 0.05) is 0 Å². The number of aryl methyl sites for hydroxylation is 3. The van der Waals surface area contributed by atoms with Crippen LogP contribution in [-0.4, -0.2) is 16.1 Å². The summed E-state index contributed by atoms with van der Waals surface area (Å²) < 4.78 is 10.6. The molecule has 1 heterocycles. The molecule has 0 aliphatic heterocycles. The number of ether oxygens (including phenoxy) is 1. The number of aromatic nitrogens is 1. The van der Waals surface area contributed by atoms with Gasteiger partial charge in [0.05, 0.1) is 0 Å². The Kier molecular flexibility index (Phi) is 3.55. The standard InChI is InChI=1S/C14H15NO4/c1-8-4-10(3)11(5-9(8)2)18-6-12-13(14(16)17)15-7-19-12/h4-5,7H,6H2,1-3H3,(H,16,17). The van der Waals surface area contributed by atoms with Crippen LogP contribution >= 0.6 is 0 Å². The average Bonchev–Trinajstić information content (AvgIpc) is 2.80. The molecule has 0 unspecified atom stereocenters. The molecule has 0 atom stereocenters. The monoisotopic (exact) mass is 261 g/mol. The highest BCUT2D eigenvalue weighted by Crippen LogP contribution is 2.23. The van der Waals surface area contributed by atoms with E-state index in [1.807, 2.05) is 32.9 Å². The van der Waals surface area contributed by atoms with E-state index in [-0.39, 0.29) is 18.1 Å². The molecule has 19 heavy (non-hydrogen) atoms. The first-order valence-electron chi connectivity index (χ1n) is 5.85. The lowest BCUT2D eigenvalue weighted by Gasteiger charge is -2.10. The van der Waals surface area contributed by atoms with Crippen molar-refractivity contribution in [2.45, 2.75) is 27.4 Å². The van der Waals surface area contributed by atoms with Gasteiger partial charge in [-0.1, -0.05) is 6.07 Å². The van der Waals surface area contributed by atoms with Gasteiger partial charge in [-0.25, -0.2) is 9.78 Å². The van der Waals surface area contributed by atoms with Crippen LogP contribution in [0.15, 0.2) is 22.9 Å². The summed E-state index contributed by atoms with van der Waals surface area (Å²) in [5, 5.41) is 8.91. The molecule has 0 saturated heterocycles. The van der Waals surface area contributed by atoms with Crippen molar-refractivity contribution in [1.82, 2.24) is 4.98 Å². The predicted molar refractivity (Wildman–Crippen MR) is 68.4 cm³/mol. The lowest BCUT2D eigenvalue weighted by Crippen LogP contribution is -2.05. The molecule has 1 aromatic heterocycles. The van der Waals surface area contributed by atoms with Gasteiger partial charge >= 0.3 is 5.97 Å². The summed E-state index contributed by atoms with van der Waals surface area (Å²) in [7, 11) is 0. The molecule has 0 spiro atoms. The summed E-state index contributed by atoms with van der Waals surface area (Å²) in [5.74, 6) is -0.190. The number of carboxylic acid groups (broad SMARTS) is 1. The van der Waals surface area contributed by atoms with Crippen LogP contribution in [0.25, 0.3) is 0 Å². The maximum absolute atomic E-state index is 10.9. The van der Waals surface area contributed by atoms with Crippen molar-refractivity contribution in [3.8, 4) is 5.75 Å². The molecule has 5 heteroatoms. The molecule has 100 valence electrons. The van der Waals surface area contributed by atoms with E-state index < -0.39 is 5.97 Å². The van der Waals surface area contributed by atoms with Crippen molar-refractivity contribution in [1.29, 1.82) is 0 Å². The fourth-order valence-corrected chi connectivity index (χ4v) is 1.78. The first-order chi connectivity index (χ1) is 8.99. The molecule has 1 aromatic carbocycles. The van der Waals surface area contributed by atoms with E-state index >= 15 is 0 Å². The van der Waals surface area contributed by atoms with E-state index in [1.165, 1.54) is 5.56 Å². The van der Waals surface area contributed by atoms with E-state index in [4.69, 9.17) is 14.3 Å². The van der Waals surface area contributed by atoms with Crippen LogP contribution < -0.4 is 4.74 Å². The molecule has 2 aromatic rings. The number of hydrogen-bond donors (Lipinski definition) is 1. The highest BCUT2D eigenvalue weighted by atomic mass is 16.5. The second-order valence-electron chi connectivity index (χ2n) is 4.42.